The fraction of sp³-hybridized carbons (Fsp3) is 0.370. The molecule has 0 aliphatic carbocycles. The van der Waals surface area contributed by atoms with Crippen LogP contribution in [-0.2, 0) is 17.6 Å². The number of hydrogen-bond donors (Lipinski definition) is 1. The molecule has 1 saturated heterocycles. The van der Waals surface area contributed by atoms with E-state index in [-0.39, 0.29) is 18.1 Å². The van der Waals surface area contributed by atoms with Crippen LogP contribution in [0.4, 0.5) is 10.1 Å². The van der Waals surface area contributed by atoms with Gasteiger partial charge >= 0.3 is 0 Å². The molecule has 172 valence electrons. The van der Waals surface area contributed by atoms with Crippen LogP contribution in [0.3, 0.4) is 0 Å². The molecule has 3 aromatic rings. The highest BCUT2D eigenvalue weighted by atomic mass is 19.1. The highest BCUT2D eigenvalue weighted by Crippen LogP contribution is 2.26. The summed E-state index contributed by atoms with van der Waals surface area (Å²) in [4.78, 5) is 24.7. The number of anilines is 1. The maximum absolute atomic E-state index is 13.1. The van der Waals surface area contributed by atoms with E-state index in [1.54, 1.807) is 12.1 Å². The van der Waals surface area contributed by atoms with Gasteiger partial charge in [-0.3, -0.25) is 4.79 Å². The molecule has 33 heavy (non-hydrogen) atoms. The van der Waals surface area contributed by atoms with Crippen LogP contribution >= 0.6 is 0 Å². The Balaban J connectivity index is 1.38. The van der Waals surface area contributed by atoms with Crippen molar-refractivity contribution in [1.29, 1.82) is 0 Å². The van der Waals surface area contributed by atoms with Gasteiger partial charge in [0, 0.05) is 41.6 Å². The third-order valence-corrected chi connectivity index (χ3v) is 6.33. The molecule has 1 aromatic heterocycles. The van der Waals surface area contributed by atoms with Gasteiger partial charge in [0.05, 0.1) is 6.42 Å². The number of nitrogens with zero attached hydrogens (tertiary/aromatic N) is 3. The minimum Gasteiger partial charge on any atom is -0.326 e. The lowest BCUT2D eigenvalue weighted by molar-refractivity contribution is -0.115. The van der Waals surface area contributed by atoms with E-state index in [0.717, 1.165) is 61.7 Å². The first-order valence-corrected chi connectivity index (χ1v) is 11.6. The molecule has 1 aliphatic heterocycles. The van der Waals surface area contributed by atoms with E-state index in [1.165, 1.54) is 17.7 Å². The largest absolute Gasteiger partial charge is 0.326 e. The molecule has 0 saturated carbocycles. The predicted molar refractivity (Wildman–Crippen MR) is 129 cm³/mol. The van der Waals surface area contributed by atoms with E-state index < -0.39 is 0 Å². The molecule has 1 fully saturated rings. The molecule has 2 aromatic carbocycles. The Morgan fingerprint density at radius 1 is 1.06 bits per heavy atom. The van der Waals surface area contributed by atoms with Crippen LogP contribution in [0.15, 0.2) is 54.6 Å². The van der Waals surface area contributed by atoms with Crippen molar-refractivity contribution >= 4 is 11.6 Å². The van der Waals surface area contributed by atoms with Gasteiger partial charge < -0.3 is 10.2 Å². The van der Waals surface area contributed by atoms with E-state index in [0.29, 0.717) is 11.6 Å². The maximum Gasteiger partial charge on any atom is 0.228 e. The van der Waals surface area contributed by atoms with Crippen LogP contribution in [0.5, 0.6) is 0 Å². The average molecular weight is 447 g/mol. The summed E-state index contributed by atoms with van der Waals surface area (Å²) in [5.74, 6) is 0.713. The Morgan fingerprint density at radius 3 is 2.45 bits per heavy atom. The second kappa shape index (κ2) is 10.7. The number of halogens is 1. The summed E-state index contributed by atoms with van der Waals surface area (Å²) in [6.07, 6.45) is 3.48. The van der Waals surface area contributed by atoms with E-state index in [9.17, 15) is 9.18 Å². The van der Waals surface area contributed by atoms with Crippen molar-refractivity contribution in [1.82, 2.24) is 14.9 Å². The van der Waals surface area contributed by atoms with E-state index in [2.05, 4.69) is 40.5 Å². The second-order valence-corrected chi connectivity index (χ2v) is 8.84. The number of aryl methyl sites for hydroxylation is 2. The topological polar surface area (TPSA) is 58.1 Å². The molecule has 1 aliphatic rings. The number of carbonyl (C=O) groups excluding carboxylic acids is 1. The lowest BCUT2D eigenvalue weighted by Crippen LogP contribution is -2.36. The molecule has 0 bridgehead atoms. The number of benzene rings is 2. The van der Waals surface area contributed by atoms with Crippen molar-refractivity contribution in [2.75, 3.05) is 25.0 Å². The molecule has 1 atom stereocenters. The van der Waals surface area contributed by atoms with Crippen LogP contribution < -0.4 is 5.32 Å². The Labute approximate surface area is 195 Å². The number of piperidine rings is 1. The Morgan fingerprint density at radius 2 is 1.76 bits per heavy atom. The molecule has 0 unspecified atom stereocenters. The predicted octanol–water partition coefficient (Wildman–Crippen LogP) is 4.84. The molecule has 0 radical (unpaired) electrons. The van der Waals surface area contributed by atoms with Crippen LogP contribution in [0, 0.1) is 19.7 Å². The first-order chi connectivity index (χ1) is 16.0. The third kappa shape index (κ3) is 6.23. The van der Waals surface area contributed by atoms with Gasteiger partial charge in [-0.2, -0.15) is 0 Å². The zero-order valence-electron chi connectivity index (χ0n) is 19.4. The fourth-order valence-electron chi connectivity index (χ4n) is 4.50. The van der Waals surface area contributed by atoms with Gasteiger partial charge in [-0.1, -0.05) is 30.3 Å². The SMILES string of the molecule is Cc1nc([C@H]2CCCN(CCc3ccccc3)C2)nc(C)c1CC(=O)Nc1ccc(F)cc1. The minimum atomic E-state index is -0.329. The maximum atomic E-state index is 13.1. The first kappa shape index (κ1) is 23.1. The summed E-state index contributed by atoms with van der Waals surface area (Å²) >= 11 is 0. The molecule has 6 heteroatoms. The number of rotatable bonds is 7. The fourth-order valence-corrected chi connectivity index (χ4v) is 4.50. The minimum absolute atomic E-state index is 0.158. The summed E-state index contributed by atoms with van der Waals surface area (Å²) < 4.78 is 13.1. The van der Waals surface area contributed by atoms with Crippen molar-refractivity contribution in [3.63, 3.8) is 0 Å². The molecule has 1 N–H and O–H groups in total. The number of amides is 1. The summed E-state index contributed by atoms with van der Waals surface area (Å²) in [5.41, 5.74) is 4.51. The molecule has 2 heterocycles. The van der Waals surface area contributed by atoms with Crippen molar-refractivity contribution < 1.29 is 9.18 Å². The molecule has 0 spiro atoms. The van der Waals surface area contributed by atoms with Gasteiger partial charge in [-0.15, -0.1) is 0 Å². The highest BCUT2D eigenvalue weighted by molar-refractivity contribution is 5.92. The van der Waals surface area contributed by atoms with Crippen LogP contribution in [0.1, 0.15) is 47.1 Å². The standard InChI is InChI=1S/C27H31FN4O/c1-19-25(17-26(33)31-24-12-10-23(28)11-13-24)20(2)30-27(29-19)22-9-6-15-32(18-22)16-14-21-7-4-3-5-8-21/h3-5,7-8,10-13,22H,6,9,14-18H2,1-2H3,(H,31,33)/t22-/m0/s1. The lowest BCUT2D eigenvalue weighted by atomic mass is 9.96. The van der Waals surface area contributed by atoms with Crippen LogP contribution in [0.2, 0.25) is 0 Å². The zero-order valence-corrected chi connectivity index (χ0v) is 19.4. The van der Waals surface area contributed by atoms with Gasteiger partial charge in [0.15, 0.2) is 0 Å². The Bertz CT molecular complexity index is 1060. The Kier molecular flexibility index (Phi) is 7.45. The van der Waals surface area contributed by atoms with Crippen molar-refractivity contribution in [3.05, 3.63) is 88.8 Å². The van der Waals surface area contributed by atoms with E-state index in [1.807, 2.05) is 13.8 Å². The monoisotopic (exact) mass is 446 g/mol. The lowest BCUT2D eigenvalue weighted by Gasteiger charge is -2.32. The van der Waals surface area contributed by atoms with Gasteiger partial charge in [-0.05, 0) is 69.5 Å². The molecular weight excluding hydrogens is 415 g/mol. The zero-order chi connectivity index (χ0) is 23.2. The smallest absolute Gasteiger partial charge is 0.228 e. The number of aromatic nitrogens is 2. The van der Waals surface area contributed by atoms with E-state index >= 15 is 0 Å². The van der Waals surface area contributed by atoms with Gasteiger partial charge in [-0.25, -0.2) is 14.4 Å². The van der Waals surface area contributed by atoms with Crippen molar-refractivity contribution in [2.45, 2.75) is 45.4 Å². The van der Waals surface area contributed by atoms with Gasteiger partial charge in [0.1, 0.15) is 11.6 Å². The molecular formula is C27H31FN4O. The first-order valence-electron chi connectivity index (χ1n) is 11.6. The van der Waals surface area contributed by atoms with Gasteiger partial charge in [0.2, 0.25) is 5.91 Å². The third-order valence-electron chi connectivity index (χ3n) is 6.33. The van der Waals surface area contributed by atoms with Crippen LogP contribution in [-0.4, -0.2) is 40.4 Å². The number of hydrogen-bond acceptors (Lipinski definition) is 4. The summed E-state index contributed by atoms with van der Waals surface area (Å²) in [6, 6.07) is 16.4. The quantitative estimate of drug-likeness (QED) is 0.564. The number of likely N-dealkylation sites (tertiary alicyclic amines) is 1. The normalized spacial score (nSPS) is 16.5. The molecule has 4 rings (SSSR count). The average Bonchev–Trinajstić information content (AvgIpc) is 2.82. The van der Waals surface area contributed by atoms with Crippen LogP contribution in [0.25, 0.3) is 0 Å². The molecule has 5 nitrogen and oxygen atoms in total. The van der Waals surface area contributed by atoms with E-state index in [4.69, 9.17) is 9.97 Å². The summed E-state index contributed by atoms with van der Waals surface area (Å²) in [7, 11) is 0. The second-order valence-electron chi connectivity index (χ2n) is 8.84. The summed E-state index contributed by atoms with van der Waals surface area (Å²) in [6.45, 7) is 7.03. The highest BCUT2D eigenvalue weighted by Gasteiger charge is 2.25. The Hall–Kier alpha value is -3.12. The number of nitrogens with one attached hydrogen (secondary N) is 1. The van der Waals surface area contributed by atoms with Crippen molar-refractivity contribution in [2.24, 2.45) is 0 Å². The summed E-state index contributed by atoms with van der Waals surface area (Å²) in [5, 5.41) is 2.82. The van der Waals surface area contributed by atoms with Gasteiger partial charge in [0.25, 0.3) is 0 Å². The van der Waals surface area contributed by atoms with Crippen molar-refractivity contribution in [3.8, 4) is 0 Å². The number of carbonyl (C=O) groups is 1. The molecule has 1 amide bonds.